The minimum atomic E-state index is -1.99. The minimum Gasteiger partial charge on any atom is -0.411 e. The standard InChI is InChI=1S/C16H27N5O3SSi/c1-16(2,3)26(4,5)24-9-6-11(23-10(9)7-22)21-8-18-12-13(21)19-15(17)20-14(12)25/h8-11,22H,6-7H2,1-5H3,(H3,17,19,20,25)/t9?,10-,11-/m1/s1. The molecule has 0 radical (unpaired) electrons. The molecule has 1 aliphatic heterocycles. The smallest absolute Gasteiger partial charge is 0.223 e. The summed E-state index contributed by atoms with van der Waals surface area (Å²) < 4.78 is 14.4. The molecule has 144 valence electrons. The molecule has 8 nitrogen and oxygen atoms in total. The number of imidazole rings is 1. The Kier molecular flexibility index (Phi) is 5.08. The third kappa shape index (κ3) is 3.48. The number of aromatic nitrogens is 4. The summed E-state index contributed by atoms with van der Waals surface area (Å²) in [4.78, 5) is 12.6. The summed E-state index contributed by atoms with van der Waals surface area (Å²) in [5.74, 6) is 0.134. The van der Waals surface area contributed by atoms with Gasteiger partial charge in [0.2, 0.25) is 5.95 Å². The van der Waals surface area contributed by atoms with Gasteiger partial charge in [0.25, 0.3) is 0 Å². The monoisotopic (exact) mass is 397 g/mol. The van der Waals surface area contributed by atoms with E-state index in [4.69, 9.17) is 14.9 Å². The Balaban J connectivity index is 1.88. The van der Waals surface area contributed by atoms with Gasteiger partial charge in [0, 0.05) is 6.42 Å². The number of aliphatic hydroxyl groups is 1. The highest BCUT2D eigenvalue weighted by atomic mass is 32.1. The fraction of sp³-hybridized carbons (Fsp3) is 0.688. The zero-order valence-electron chi connectivity index (χ0n) is 15.8. The Bertz CT molecular complexity index is 807. The SMILES string of the molecule is CC(C)(C)[Si](C)(C)OC1C[C@H](n2cnc3c(S)nc(N)nc32)O[C@@H]1CO. The maximum absolute atomic E-state index is 9.78. The zero-order valence-corrected chi connectivity index (χ0v) is 17.7. The maximum Gasteiger partial charge on any atom is 0.223 e. The van der Waals surface area contributed by atoms with E-state index < -0.39 is 8.32 Å². The second-order valence-electron chi connectivity index (χ2n) is 8.19. The van der Waals surface area contributed by atoms with Crippen molar-refractivity contribution in [2.24, 2.45) is 0 Å². The number of thiol groups is 1. The topological polar surface area (TPSA) is 108 Å². The lowest BCUT2D eigenvalue weighted by Gasteiger charge is -2.39. The molecule has 0 saturated carbocycles. The lowest BCUT2D eigenvalue weighted by molar-refractivity contribution is -0.0410. The van der Waals surface area contributed by atoms with E-state index in [0.29, 0.717) is 22.6 Å². The second-order valence-corrected chi connectivity index (χ2v) is 13.4. The largest absolute Gasteiger partial charge is 0.411 e. The number of nitrogens with zero attached hydrogens (tertiary/aromatic N) is 4. The van der Waals surface area contributed by atoms with E-state index >= 15 is 0 Å². The number of nitrogens with two attached hydrogens (primary N) is 1. The average molecular weight is 398 g/mol. The van der Waals surface area contributed by atoms with E-state index in [-0.39, 0.29) is 36.0 Å². The predicted molar refractivity (Wildman–Crippen MR) is 105 cm³/mol. The van der Waals surface area contributed by atoms with Gasteiger partial charge in [-0.1, -0.05) is 20.8 Å². The van der Waals surface area contributed by atoms with Crippen molar-refractivity contribution >= 4 is 38.1 Å². The van der Waals surface area contributed by atoms with E-state index in [1.807, 2.05) is 4.57 Å². The Morgan fingerprint density at radius 1 is 1.42 bits per heavy atom. The first kappa shape index (κ1) is 19.6. The van der Waals surface area contributed by atoms with Crippen molar-refractivity contribution in [2.45, 2.75) is 68.8 Å². The van der Waals surface area contributed by atoms with Crippen molar-refractivity contribution in [3.63, 3.8) is 0 Å². The van der Waals surface area contributed by atoms with Crippen LogP contribution in [0.4, 0.5) is 5.95 Å². The average Bonchev–Trinajstić information content (AvgIpc) is 3.09. The Morgan fingerprint density at radius 2 is 2.12 bits per heavy atom. The Hall–Kier alpha value is -1.20. The van der Waals surface area contributed by atoms with Crippen LogP contribution in [-0.4, -0.2) is 51.8 Å². The highest BCUT2D eigenvalue weighted by Gasteiger charge is 2.45. The summed E-state index contributed by atoms with van der Waals surface area (Å²) >= 11 is 4.31. The summed E-state index contributed by atoms with van der Waals surface area (Å²) in [6.07, 6.45) is 1.34. The Morgan fingerprint density at radius 3 is 2.73 bits per heavy atom. The van der Waals surface area contributed by atoms with Crippen LogP contribution in [0.2, 0.25) is 18.1 Å². The number of rotatable bonds is 4. The molecule has 0 bridgehead atoms. The van der Waals surface area contributed by atoms with Crippen LogP contribution in [0.15, 0.2) is 11.4 Å². The first-order valence-electron chi connectivity index (χ1n) is 8.66. The predicted octanol–water partition coefficient (Wildman–Crippen LogP) is 2.37. The normalized spacial score (nSPS) is 24.5. The van der Waals surface area contributed by atoms with E-state index in [0.717, 1.165) is 0 Å². The molecule has 2 aromatic heterocycles. The first-order chi connectivity index (χ1) is 12.0. The molecule has 1 aliphatic rings. The van der Waals surface area contributed by atoms with Gasteiger partial charge in [-0.3, -0.25) is 4.57 Å². The van der Waals surface area contributed by atoms with Crippen molar-refractivity contribution < 1.29 is 14.3 Å². The molecule has 0 spiro atoms. The Labute approximate surface area is 159 Å². The minimum absolute atomic E-state index is 0.0788. The molecule has 0 aliphatic carbocycles. The fourth-order valence-corrected chi connectivity index (χ4v) is 4.46. The van der Waals surface area contributed by atoms with Crippen molar-refractivity contribution in [2.75, 3.05) is 12.3 Å². The highest BCUT2D eigenvalue weighted by molar-refractivity contribution is 7.80. The summed E-state index contributed by atoms with van der Waals surface area (Å²) in [5, 5.41) is 10.3. The number of anilines is 1. The molecule has 1 saturated heterocycles. The molecular formula is C16H27N5O3SSi. The van der Waals surface area contributed by atoms with Crippen LogP contribution in [0.3, 0.4) is 0 Å². The van der Waals surface area contributed by atoms with Crippen LogP contribution in [0.25, 0.3) is 11.2 Å². The molecule has 0 amide bonds. The van der Waals surface area contributed by atoms with Crippen molar-refractivity contribution in [1.82, 2.24) is 19.5 Å². The van der Waals surface area contributed by atoms with Crippen molar-refractivity contribution in [1.29, 1.82) is 0 Å². The van der Waals surface area contributed by atoms with Crippen LogP contribution in [0, 0.1) is 0 Å². The molecule has 3 N–H and O–H groups in total. The lowest BCUT2D eigenvalue weighted by atomic mass is 10.2. The molecule has 26 heavy (non-hydrogen) atoms. The number of nitrogen functional groups attached to an aromatic ring is 1. The molecule has 3 heterocycles. The quantitative estimate of drug-likeness (QED) is 0.413. The van der Waals surface area contributed by atoms with Crippen LogP contribution in [-0.2, 0) is 9.16 Å². The van der Waals surface area contributed by atoms with Gasteiger partial charge in [-0.15, -0.1) is 12.6 Å². The molecule has 1 unspecified atom stereocenters. The molecule has 3 atom stereocenters. The van der Waals surface area contributed by atoms with E-state index in [9.17, 15) is 5.11 Å². The van der Waals surface area contributed by atoms with E-state index in [1.165, 1.54) is 0 Å². The second kappa shape index (κ2) is 6.75. The van der Waals surface area contributed by atoms with Gasteiger partial charge in [-0.05, 0) is 18.1 Å². The molecule has 2 aromatic rings. The van der Waals surface area contributed by atoms with Crippen molar-refractivity contribution in [3.8, 4) is 0 Å². The third-order valence-corrected chi connectivity index (χ3v) is 10.2. The molecule has 0 aromatic carbocycles. The maximum atomic E-state index is 9.78. The van der Waals surface area contributed by atoms with E-state index in [1.54, 1.807) is 6.33 Å². The molecule has 1 fully saturated rings. The summed E-state index contributed by atoms with van der Waals surface area (Å²) in [5.41, 5.74) is 6.89. The van der Waals surface area contributed by atoms with Gasteiger partial charge in [-0.2, -0.15) is 4.98 Å². The third-order valence-electron chi connectivity index (χ3n) is 5.34. The molecule has 3 rings (SSSR count). The van der Waals surface area contributed by atoms with Crippen LogP contribution in [0.1, 0.15) is 33.4 Å². The fourth-order valence-electron chi connectivity index (χ4n) is 2.84. The van der Waals surface area contributed by atoms with Gasteiger partial charge < -0.3 is 20.0 Å². The van der Waals surface area contributed by atoms with Crippen LogP contribution < -0.4 is 5.73 Å². The van der Waals surface area contributed by atoms with Crippen LogP contribution in [0.5, 0.6) is 0 Å². The van der Waals surface area contributed by atoms with E-state index in [2.05, 4.69) is 61.4 Å². The zero-order chi connectivity index (χ0) is 19.3. The summed E-state index contributed by atoms with van der Waals surface area (Å²) in [7, 11) is -1.99. The van der Waals surface area contributed by atoms with Crippen molar-refractivity contribution in [3.05, 3.63) is 6.33 Å². The highest BCUT2D eigenvalue weighted by Crippen LogP contribution is 2.41. The number of ether oxygens (including phenoxy) is 1. The number of hydrogen-bond acceptors (Lipinski definition) is 8. The van der Waals surface area contributed by atoms with Crippen LogP contribution >= 0.6 is 12.6 Å². The lowest BCUT2D eigenvalue weighted by Crippen LogP contribution is -2.46. The van der Waals surface area contributed by atoms with Gasteiger partial charge in [0.1, 0.15) is 22.9 Å². The van der Waals surface area contributed by atoms with Gasteiger partial charge in [0.15, 0.2) is 14.0 Å². The first-order valence-corrected chi connectivity index (χ1v) is 12.0. The number of aliphatic hydroxyl groups excluding tert-OH is 1. The number of fused-ring (bicyclic) bond motifs is 1. The number of hydrogen-bond donors (Lipinski definition) is 3. The molecule has 10 heteroatoms. The van der Waals surface area contributed by atoms with Gasteiger partial charge in [-0.25, -0.2) is 9.97 Å². The molecular weight excluding hydrogens is 370 g/mol. The van der Waals surface area contributed by atoms with Gasteiger partial charge in [0.05, 0.1) is 19.0 Å². The van der Waals surface area contributed by atoms with Gasteiger partial charge >= 0.3 is 0 Å². The summed E-state index contributed by atoms with van der Waals surface area (Å²) in [6.45, 7) is 10.9. The summed E-state index contributed by atoms with van der Waals surface area (Å²) in [6, 6.07) is 0.